The molecule has 0 fully saturated rings. The predicted octanol–water partition coefficient (Wildman–Crippen LogP) is 2.64. The zero-order valence-corrected chi connectivity index (χ0v) is 25.4. The number of aliphatic carboxylic acids is 1. The van der Waals surface area contributed by atoms with Crippen LogP contribution in [0, 0.1) is 6.92 Å². The molecule has 42 heavy (non-hydrogen) atoms. The van der Waals surface area contributed by atoms with Crippen LogP contribution in [-0.2, 0) is 29.0 Å². The largest absolute Gasteiger partial charge is 1.00 e. The maximum atomic E-state index is 13.4. The second-order valence-electron chi connectivity index (χ2n) is 10.1. The van der Waals surface area contributed by atoms with Gasteiger partial charge in [-0.15, -0.1) is 0 Å². The Morgan fingerprint density at radius 2 is 1.40 bits per heavy atom. The van der Waals surface area contributed by atoms with E-state index >= 15 is 0 Å². The monoisotopic (exact) mass is 573 g/mol. The molecule has 5 nitrogen and oxygen atoms in total. The number of amides is 1. The molecule has 0 aliphatic rings. The Labute approximate surface area is 265 Å². The SMILES string of the molecule is CSCC[C@H](NC(=O)c1ccc(COC(Cc2ccccc2)Cc2ccccc2)cc1-c1ccccc1C)C(=O)[O-].[Li+]. The summed E-state index contributed by atoms with van der Waals surface area (Å²) in [7, 11) is 0. The van der Waals surface area contributed by atoms with E-state index in [9.17, 15) is 14.7 Å². The second kappa shape index (κ2) is 17.0. The third-order valence-electron chi connectivity index (χ3n) is 7.06. The minimum absolute atomic E-state index is 0. The number of carboxylic acid groups (broad SMARTS) is 1. The maximum absolute atomic E-state index is 13.4. The van der Waals surface area contributed by atoms with Crippen LogP contribution >= 0.6 is 11.8 Å². The number of nitrogens with one attached hydrogen (secondary N) is 1. The molecule has 4 rings (SSSR count). The number of carbonyl (C=O) groups is 2. The summed E-state index contributed by atoms with van der Waals surface area (Å²) in [6, 6.07) is 33.1. The van der Waals surface area contributed by atoms with Crippen molar-refractivity contribution in [3.8, 4) is 11.1 Å². The maximum Gasteiger partial charge on any atom is 1.00 e. The zero-order valence-electron chi connectivity index (χ0n) is 24.5. The summed E-state index contributed by atoms with van der Waals surface area (Å²) in [6.45, 7) is 2.37. The molecule has 4 aromatic carbocycles. The van der Waals surface area contributed by atoms with E-state index in [1.54, 1.807) is 6.07 Å². The number of rotatable bonds is 14. The Hall–Kier alpha value is -3.27. The van der Waals surface area contributed by atoms with E-state index in [2.05, 4.69) is 29.6 Å². The van der Waals surface area contributed by atoms with Gasteiger partial charge in [0, 0.05) is 5.56 Å². The van der Waals surface area contributed by atoms with Crippen molar-refractivity contribution >= 4 is 23.6 Å². The van der Waals surface area contributed by atoms with Crippen molar-refractivity contribution in [3.63, 3.8) is 0 Å². The summed E-state index contributed by atoms with van der Waals surface area (Å²) < 4.78 is 6.51. The summed E-state index contributed by atoms with van der Waals surface area (Å²) >= 11 is 1.53. The third kappa shape index (κ3) is 9.64. The molecular formula is C35H36LiNO4S. The minimum atomic E-state index is -1.28. The van der Waals surface area contributed by atoms with Gasteiger partial charge in [-0.05, 0) is 83.7 Å². The second-order valence-corrected chi connectivity index (χ2v) is 11.1. The van der Waals surface area contributed by atoms with E-state index in [-0.39, 0.29) is 25.0 Å². The molecular weight excluding hydrogens is 537 g/mol. The van der Waals surface area contributed by atoms with Gasteiger partial charge in [-0.25, -0.2) is 0 Å². The fourth-order valence-electron chi connectivity index (χ4n) is 4.86. The predicted molar refractivity (Wildman–Crippen MR) is 165 cm³/mol. The Balaban J connectivity index is 0.00000484. The average molecular weight is 574 g/mol. The van der Waals surface area contributed by atoms with Crippen LogP contribution in [0.4, 0.5) is 0 Å². The zero-order chi connectivity index (χ0) is 29.0. The van der Waals surface area contributed by atoms with Crippen LogP contribution < -0.4 is 29.3 Å². The van der Waals surface area contributed by atoms with Crippen molar-refractivity contribution in [1.29, 1.82) is 0 Å². The topological polar surface area (TPSA) is 78.5 Å². The van der Waals surface area contributed by atoms with E-state index in [4.69, 9.17) is 4.74 Å². The van der Waals surface area contributed by atoms with Crippen LogP contribution in [0.3, 0.4) is 0 Å². The van der Waals surface area contributed by atoms with Crippen molar-refractivity contribution in [2.75, 3.05) is 12.0 Å². The van der Waals surface area contributed by atoms with E-state index in [1.807, 2.05) is 86.0 Å². The quantitative estimate of drug-likeness (QED) is 0.235. The van der Waals surface area contributed by atoms with Gasteiger partial charge in [0.1, 0.15) is 0 Å². The molecule has 7 heteroatoms. The van der Waals surface area contributed by atoms with Crippen LogP contribution in [0.2, 0.25) is 0 Å². The summed E-state index contributed by atoms with van der Waals surface area (Å²) in [4.78, 5) is 25.1. The van der Waals surface area contributed by atoms with Crippen molar-refractivity contribution in [2.24, 2.45) is 0 Å². The van der Waals surface area contributed by atoms with Gasteiger partial charge in [-0.3, -0.25) is 4.79 Å². The Kier molecular flexibility index (Phi) is 13.4. The van der Waals surface area contributed by atoms with E-state index < -0.39 is 17.9 Å². The number of carboxylic acids is 1. The number of ether oxygens (including phenoxy) is 1. The van der Waals surface area contributed by atoms with Gasteiger partial charge < -0.3 is 20.0 Å². The molecule has 0 spiro atoms. The standard InChI is InChI=1S/C35H37NO4S.Li/c1-25-11-9-10-16-30(25)32-23-28(17-18-31(32)34(37)36-33(35(38)39)19-20-41-2)24-40-29(21-26-12-5-3-6-13-26)22-27-14-7-4-8-15-27;/h3-18,23,29,33H,19-22,24H2,1-2H3,(H,36,37)(H,38,39);/q;+1/p-1/t33-;/m0./s1. The van der Waals surface area contributed by atoms with Gasteiger partial charge >= 0.3 is 18.9 Å². The van der Waals surface area contributed by atoms with Gasteiger partial charge in [0.15, 0.2) is 0 Å². The fraction of sp³-hybridized carbons (Fsp3) is 0.257. The van der Waals surface area contributed by atoms with Gasteiger partial charge in [-0.2, -0.15) is 11.8 Å². The Morgan fingerprint density at radius 3 is 1.98 bits per heavy atom. The first kappa shape index (κ1) is 33.2. The molecule has 4 aromatic rings. The summed E-state index contributed by atoms with van der Waals surface area (Å²) in [5.74, 6) is -1.11. The van der Waals surface area contributed by atoms with E-state index in [0.717, 1.165) is 35.1 Å². The molecule has 0 aromatic heterocycles. The molecule has 0 saturated heterocycles. The number of aryl methyl sites for hydroxylation is 1. The van der Waals surface area contributed by atoms with Crippen molar-refractivity contribution in [3.05, 3.63) is 131 Å². The minimum Gasteiger partial charge on any atom is -0.548 e. The molecule has 0 heterocycles. The van der Waals surface area contributed by atoms with E-state index in [1.165, 1.54) is 22.9 Å². The Bertz CT molecular complexity index is 1390. The molecule has 0 aliphatic carbocycles. The fourth-order valence-corrected chi connectivity index (χ4v) is 5.33. The van der Waals surface area contributed by atoms with Crippen LogP contribution in [0.1, 0.15) is 39.0 Å². The first-order valence-electron chi connectivity index (χ1n) is 13.8. The van der Waals surface area contributed by atoms with Crippen LogP contribution in [-0.4, -0.2) is 36.0 Å². The summed E-state index contributed by atoms with van der Waals surface area (Å²) in [5.41, 5.74) is 6.46. The van der Waals surface area contributed by atoms with Gasteiger partial charge in [-0.1, -0.05) is 91.0 Å². The molecule has 0 saturated carbocycles. The number of carbonyl (C=O) groups excluding carboxylic acids is 2. The molecule has 0 bridgehead atoms. The van der Waals surface area contributed by atoms with Gasteiger partial charge in [0.05, 0.1) is 24.7 Å². The van der Waals surface area contributed by atoms with Gasteiger partial charge in [0.2, 0.25) is 0 Å². The van der Waals surface area contributed by atoms with Crippen LogP contribution in [0.5, 0.6) is 0 Å². The molecule has 1 amide bonds. The molecule has 0 radical (unpaired) electrons. The van der Waals surface area contributed by atoms with Crippen molar-refractivity contribution in [1.82, 2.24) is 5.32 Å². The van der Waals surface area contributed by atoms with Gasteiger partial charge in [0.25, 0.3) is 5.91 Å². The first-order valence-corrected chi connectivity index (χ1v) is 15.2. The molecule has 1 atom stereocenters. The van der Waals surface area contributed by atoms with Crippen molar-refractivity contribution in [2.45, 2.75) is 44.9 Å². The summed E-state index contributed by atoms with van der Waals surface area (Å²) in [5, 5.41) is 14.4. The number of hydrogen-bond acceptors (Lipinski definition) is 5. The van der Waals surface area contributed by atoms with Crippen LogP contribution in [0.25, 0.3) is 11.1 Å². The first-order chi connectivity index (χ1) is 19.9. The Morgan fingerprint density at radius 1 is 0.810 bits per heavy atom. The normalized spacial score (nSPS) is 11.5. The molecule has 1 N–H and O–H groups in total. The molecule has 0 aliphatic heterocycles. The van der Waals surface area contributed by atoms with Crippen molar-refractivity contribution < 1.29 is 38.3 Å². The van der Waals surface area contributed by atoms with E-state index in [0.29, 0.717) is 24.3 Å². The average Bonchev–Trinajstić information content (AvgIpc) is 2.99. The number of hydrogen-bond donors (Lipinski definition) is 1. The molecule has 0 unspecified atom stereocenters. The number of benzene rings is 4. The smallest absolute Gasteiger partial charge is 0.548 e. The van der Waals surface area contributed by atoms with Crippen LogP contribution in [0.15, 0.2) is 103 Å². The number of thioether (sulfide) groups is 1. The molecule has 212 valence electrons. The third-order valence-corrected chi connectivity index (χ3v) is 7.71. The summed E-state index contributed by atoms with van der Waals surface area (Å²) in [6.07, 6.45) is 3.72.